The van der Waals surface area contributed by atoms with E-state index in [4.69, 9.17) is 0 Å². The number of pyridine rings is 1. The molecule has 1 aromatic heterocycles. The zero-order valence-electron chi connectivity index (χ0n) is 16.0. The Kier molecular flexibility index (Phi) is 5.98. The first kappa shape index (κ1) is 19.2. The molecule has 1 aliphatic rings. The van der Waals surface area contributed by atoms with E-state index in [1.807, 2.05) is 38.7 Å². The zero-order chi connectivity index (χ0) is 18.6. The van der Waals surface area contributed by atoms with Gasteiger partial charge in [0.15, 0.2) is 0 Å². The van der Waals surface area contributed by atoms with Crippen LogP contribution in [0.4, 0.5) is 5.82 Å². The van der Waals surface area contributed by atoms with E-state index in [-0.39, 0.29) is 11.8 Å². The van der Waals surface area contributed by atoms with E-state index in [0.29, 0.717) is 5.82 Å². The summed E-state index contributed by atoms with van der Waals surface area (Å²) in [7, 11) is 0. The van der Waals surface area contributed by atoms with Crippen molar-refractivity contribution < 1.29 is 9.59 Å². The van der Waals surface area contributed by atoms with E-state index in [0.717, 1.165) is 43.5 Å². The maximum atomic E-state index is 12.3. The van der Waals surface area contributed by atoms with E-state index in [2.05, 4.69) is 16.4 Å². The van der Waals surface area contributed by atoms with Gasteiger partial charge < -0.3 is 10.2 Å². The van der Waals surface area contributed by atoms with E-state index >= 15 is 0 Å². The summed E-state index contributed by atoms with van der Waals surface area (Å²) in [4.78, 5) is 30.0. The van der Waals surface area contributed by atoms with Crippen molar-refractivity contribution in [2.45, 2.75) is 53.9 Å². The van der Waals surface area contributed by atoms with Crippen LogP contribution in [-0.4, -0.2) is 34.8 Å². The molecule has 136 valence electrons. The normalized spacial score (nSPS) is 15.1. The lowest BCUT2D eigenvalue weighted by Crippen LogP contribution is -2.34. The number of aromatic nitrogens is 1. The Hall–Kier alpha value is -2.17. The maximum Gasteiger partial charge on any atom is 0.231 e. The van der Waals surface area contributed by atoms with E-state index in [1.54, 1.807) is 13.1 Å². The Labute approximate surface area is 150 Å². The number of aryl methyl sites for hydroxylation is 1. The van der Waals surface area contributed by atoms with Crippen molar-refractivity contribution in [3.8, 4) is 0 Å². The van der Waals surface area contributed by atoms with Gasteiger partial charge in [0.1, 0.15) is 5.82 Å². The van der Waals surface area contributed by atoms with Crippen molar-refractivity contribution in [3.63, 3.8) is 0 Å². The van der Waals surface area contributed by atoms with Crippen LogP contribution in [0, 0.1) is 12.3 Å². The van der Waals surface area contributed by atoms with Crippen molar-refractivity contribution in [1.82, 2.24) is 9.88 Å². The fourth-order valence-electron chi connectivity index (χ4n) is 2.68. The Morgan fingerprint density at radius 3 is 2.52 bits per heavy atom. The Morgan fingerprint density at radius 2 is 1.96 bits per heavy atom. The van der Waals surface area contributed by atoms with Gasteiger partial charge in [-0.25, -0.2) is 4.98 Å². The predicted molar refractivity (Wildman–Crippen MR) is 101 cm³/mol. The summed E-state index contributed by atoms with van der Waals surface area (Å²) in [6, 6.07) is 1.93. The molecule has 1 aromatic rings. The van der Waals surface area contributed by atoms with Crippen LogP contribution in [-0.2, 0) is 9.59 Å². The first-order valence-electron chi connectivity index (χ1n) is 8.96. The summed E-state index contributed by atoms with van der Waals surface area (Å²) < 4.78 is 0. The first-order valence-corrected chi connectivity index (χ1v) is 8.96. The third-order valence-electron chi connectivity index (χ3n) is 5.10. The topological polar surface area (TPSA) is 62.3 Å². The number of piperidine rings is 1. The lowest BCUT2D eigenvalue weighted by atomic mass is 9.89. The van der Waals surface area contributed by atoms with Crippen LogP contribution in [0.25, 0.3) is 6.08 Å². The standard InChI is InChI=1S/C20H29N3O2/c1-6-20(4,5)19(25)22-18-12-17(14(2)13-21-18)11-16-7-9-23(10-8-16)15(3)24/h11-13H,6-10H2,1-5H3,(H,21,22,25). The minimum Gasteiger partial charge on any atom is -0.342 e. The minimum atomic E-state index is -0.412. The average Bonchev–Trinajstić information content (AvgIpc) is 2.58. The molecule has 0 bridgehead atoms. The highest BCUT2D eigenvalue weighted by Crippen LogP contribution is 2.24. The van der Waals surface area contributed by atoms with Crippen LogP contribution in [0.3, 0.4) is 0 Å². The number of anilines is 1. The van der Waals surface area contributed by atoms with Gasteiger partial charge in [-0.15, -0.1) is 0 Å². The number of rotatable bonds is 4. The van der Waals surface area contributed by atoms with Crippen LogP contribution in [0.1, 0.15) is 58.1 Å². The Bertz CT molecular complexity index is 682. The van der Waals surface area contributed by atoms with Crippen molar-refractivity contribution in [2.75, 3.05) is 18.4 Å². The highest BCUT2D eigenvalue weighted by molar-refractivity contribution is 5.94. The zero-order valence-corrected chi connectivity index (χ0v) is 16.0. The summed E-state index contributed by atoms with van der Waals surface area (Å²) >= 11 is 0. The molecule has 2 heterocycles. The van der Waals surface area contributed by atoms with Gasteiger partial charge >= 0.3 is 0 Å². The summed E-state index contributed by atoms with van der Waals surface area (Å²) in [6.45, 7) is 11.1. The number of hydrogen-bond donors (Lipinski definition) is 1. The fraction of sp³-hybridized carbons (Fsp3) is 0.550. The van der Waals surface area contributed by atoms with Gasteiger partial charge in [-0.1, -0.05) is 32.4 Å². The van der Waals surface area contributed by atoms with Gasteiger partial charge in [0, 0.05) is 31.6 Å². The molecule has 0 saturated carbocycles. The fourth-order valence-corrected chi connectivity index (χ4v) is 2.68. The van der Waals surface area contributed by atoms with E-state index in [9.17, 15) is 9.59 Å². The van der Waals surface area contributed by atoms with Crippen molar-refractivity contribution in [2.24, 2.45) is 5.41 Å². The van der Waals surface area contributed by atoms with E-state index in [1.165, 1.54) is 5.57 Å². The molecule has 5 nitrogen and oxygen atoms in total. The average molecular weight is 343 g/mol. The molecule has 0 unspecified atom stereocenters. The molecular formula is C20H29N3O2. The third kappa shape index (κ3) is 4.91. The molecule has 1 saturated heterocycles. The first-order chi connectivity index (χ1) is 11.7. The highest BCUT2D eigenvalue weighted by atomic mass is 16.2. The van der Waals surface area contributed by atoms with Gasteiger partial charge in [0.2, 0.25) is 11.8 Å². The van der Waals surface area contributed by atoms with Crippen LogP contribution < -0.4 is 5.32 Å². The molecule has 0 aromatic carbocycles. The van der Waals surface area contributed by atoms with Crippen molar-refractivity contribution in [3.05, 3.63) is 29.0 Å². The lowest BCUT2D eigenvalue weighted by Gasteiger charge is -2.27. The Balaban J connectivity index is 2.13. The second-order valence-corrected chi connectivity index (χ2v) is 7.43. The van der Waals surface area contributed by atoms with Crippen LogP contribution in [0.5, 0.6) is 0 Å². The second-order valence-electron chi connectivity index (χ2n) is 7.43. The van der Waals surface area contributed by atoms with Crippen molar-refractivity contribution >= 4 is 23.7 Å². The number of nitrogens with one attached hydrogen (secondary N) is 1. The van der Waals surface area contributed by atoms with Crippen LogP contribution in [0.15, 0.2) is 17.8 Å². The molecule has 2 rings (SSSR count). The molecule has 25 heavy (non-hydrogen) atoms. The van der Waals surface area contributed by atoms with Gasteiger partial charge in [-0.3, -0.25) is 9.59 Å². The summed E-state index contributed by atoms with van der Waals surface area (Å²) in [5, 5.41) is 2.93. The van der Waals surface area contributed by atoms with E-state index < -0.39 is 5.41 Å². The van der Waals surface area contributed by atoms with Gasteiger partial charge in [0.05, 0.1) is 0 Å². The number of nitrogens with zero attached hydrogens (tertiary/aromatic N) is 2. The van der Waals surface area contributed by atoms with Gasteiger partial charge in [-0.05, 0) is 43.4 Å². The SMILES string of the molecule is CCC(C)(C)C(=O)Nc1cc(C=C2CCN(C(C)=O)CC2)c(C)cn1. The minimum absolute atomic E-state index is 0.0141. The maximum absolute atomic E-state index is 12.3. The lowest BCUT2D eigenvalue weighted by molar-refractivity contribution is -0.129. The number of carbonyl (C=O) groups excluding carboxylic acids is 2. The number of likely N-dealkylation sites (tertiary alicyclic amines) is 1. The van der Waals surface area contributed by atoms with Crippen LogP contribution in [0.2, 0.25) is 0 Å². The largest absolute Gasteiger partial charge is 0.342 e. The molecule has 0 aliphatic carbocycles. The quantitative estimate of drug-likeness (QED) is 0.905. The molecule has 0 atom stereocenters. The van der Waals surface area contributed by atoms with Crippen LogP contribution >= 0.6 is 0 Å². The van der Waals surface area contributed by atoms with Gasteiger partial charge in [-0.2, -0.15) is 0 Å². The van der Waals surface area contributed by atoms with Gasteiger partial charge in [0.25, 0.3) is 0 Å². The molecule has 2 amide bonds. The summed E-state index contributed by atoms with van der Waals surface area (Å²) in [5.74, 6) is 0.715. The number of amides is 2. The molecule has 1 N–H and O–H groups in total. The molecule has 1 fully saturated rings. The molecule has 0 spiro atoms. The predicted octanol–water partition coefficient (Wildman–Crippen LogP) is 3.79. The monoisotopic (exact) mass is 343 g/mol. The molecular weight excluding hydrogens is 314 g/mol. The Morgan fingerprint density at radius 1 is 1.32 bits per heavy atom. The molecule has 0 radical (unpaired) electrons. The smallest absolute Gasteiger partial charge is 0.231 e. The number of hydrogen-bond acceptors (Lipinski definition) is 3. The second kappa shape index (κ2) is 7.81. The third-order valence-corrected chi connectivity index (χ3v) is 5.10. The summed E-state index contributed by atoms with van der Waals surface area (Å²) in [5.41, 5.74) is 3.07. The number of carbonyl (C=O) groups is 2. The molecule has 5 heteroatoms. The van der Waals surface area contributed by atoms with Crippen molar-refractivity contribution in [1.29, 1.82) is 0 Å². The highest BCUT2D eigenvalue weighted by Gasteiger charge is 2.25. The summed E-state index contributed by atoms with van der Waals surface area (Å²) in [6.07, 6.45) is 6.53. The molecule has 1 aliphatic heterocycles.